The Kier molecular flexibility index (Phi) is 5.41. The van der Waals surface area contributed by atoms with Crippen LogP contribution in [0.5, 0.6) is 0 Å². The molecule has 0 saturated heterocycles. The summed E-state index contributed by atoms with van der Waals surface area (Å²) in [6.07, 6.45) is 3.52. The number of anilines is 2. The van der Waals surface area contributed by atoms with Crippen molar-refractivity contribution >= 4 is 17.3 Å². The van der Waals surface area contributed by atoms with E-state index in [9.17, 15) is 9.18 Å². The summed E-state index contributed by atoms with van der Waals surface area (Å²) in [6.45, 7) is 6.39. The summed E-state index contributed by atoms with van der Waals surface area (Å²) in [4.78, 5) is 14.5. The van der Waals surface area contributed by atoms with Crippen molar-refractivity contribution in [1.82, 2.24) is 4.90 Å². The van der Waals surface area contributed by atoms with Crippen molar-refractivity contribution in [2.75, 3.05) is 17.7 Å². The molecule has 1 amide bonds. The summed E-state index contributed by atoms with van der Waals surface area (Å²) >= 11 is 0. The van der Waals surface area contributed by atoms with Gasteiger partial charge in [-0.1, -0.05) is 36.9 Å². The molecule has 138 valence electrons. The third-order valence-electron chi connectivity index (χ3n) is 4.40. The van der Waals surface area contributed by atoms with Crippen molar-refractivity contribution < 1.29 is 9.18 Å². The van der Waals surface area contributed by atoms with Gasteiger partial charge in [0.25, 0.3) is 5.91 Å². The normalized spacial score (nSPS) is 13.7. The van der Waals surface area contributed by atoms with Gasteiger partial charge in [0.05, 0.1) is 16.9 Å². The second-order valence-electron chi connectivity index (χ2n) is 6.45. The largest absolute Gasteiger partial charge is 0.379 e. The molecule has 0 fully saturated rings. The third kappa shape index (κ3) is 4.44. The molecule has 0 aliphatic carbocycles. The minimum Gasteiger partial charge on any atom is -0.379 e. The minimum absolute atomic E-state index is 0.261. The van der Waals surface area contributed by atoms with E-state index in [2.05, 4.69) is 17.2 Å². The smallest absolute Gasteiger partial charge is 0.257 e. The first-order valence-corrected chi connectivity index (χ1v) is 8.65. The fraction of sp³-hybridized carbons (Fsp3) is 0.136. The lowest BCUT2D eigenvalue weighted by molar-refractivity contribution is -0.112. The van der Waals surface area contributed by atoms with E-state index >= 15 is 0 Å². The van der Waals surface area contributed by atoms with Gasteiger partial charge in [0.2, 0.25) is 0 Å². The van der Waals surface area contributed by atoms with Crippen molar-refractivity contribution in [1.29, 1.82) is 0 Å². The number of nitrogens with zero attached hydrogens (tertiary/aromatic N) is 1. The molecule has 1 aliphatic rings. The first-order valence-electron chi connectivity index (χ1n) is 8.65. The van der Waals surface area contributed by atoms with Crippen LogP contribution in [0.4, 0.5) is 15.8 Å². The lowest BCUT2D eigenvalue weighted by Crippen LogP contribution is -2.22. The topological polar surface area (TPSA) is 44.4 Å². The van der Waals surface area contributed by atoms with E-state index in [1.807, 2.05) is 49.2 Å². The fourth-order valence-corrected chi connectivity index (χ4v) is 2.80. The number of hydrogen-bond donors (Lipinski definition) is 2. The summed E-state index contributed by atoms with van der Waals surface area (Å²) < 4.78 is 13.7. The number of allylic oxidation sites excluding steroid dienone is 1. The number of halogens is 1. The second kappa shape index (κ2) is 7.91. The zero-order valence-electron chi connectivity index (χ0n) is 15.4. The maximum absolute atomic E-state index is 13.7. The predicted molar refractivity (Wildman–Crippen MR) is 108 cm³/mol. The van der Waals surface area contributed by atoms with Crippen LogP contribution in [0.25, 0.3) is 0 Å². The van der Waals surface area contributed by atoms with Crippen molar-refractivity contribution in [3.8, 4) is 0 Å². The van der Waals surface area contributed by atoms with Crippen LogP contribution in [0.1, 0.15) is 12.5 Å². The molecular formula is C22H22FN3O. The Balaban J connectivity index is 1.77. The summed E-state index contributed by atoms with van der Waals surface area (Å²) in [5.41, 5.74) is 4.40. The molecule has 3 rings (SSSR count). The number of benzene rings is 2. The van der Waals surface area contributed by atoms with E-state index in [0.717, 1.165) is 16.8 Å². The van der Waals surface area contributed by atoms with Gasteiger partial charge in [-0.05, 0) is 42.3 Å². The van der Waals surface area contributed by atoms with Gasteiger partial charge in [0.1, 0.15) is 5.82 Å². The highest BCUT2D eigenvalue weighted by atomic mass is 19.1. The maximum Gasteiger partial charge on any atom is 0.257 e. The standard InChI is InChI=1S/C22H22FN3O/c1-15-11-18(14-26(3)16(15)2)22(27)25-20-10-9-19(23)12-21(20)24-13-17-7-5-4-6-8-17/h4-12,14,24H,2,13H2,1,3H3,(H,25,27). The monoisotopic (exact) mass is 363 g/mol. The van der Waals surface area contributed by atoms with Gasteiger partial charge < -0.3 is 15.5 Å². The SMILES string of the molecule is C=C1C(C)=CC(C(=O)Nc2ccc(F)cc2NCc2ccccc2)=CN1C. The summed E-state index contributed by atoms with van der Waals surface area (Å²) in [5.74, 6) is -0.629. The fourth-order valence-electron chi connectivity index (χ4n) is 2.80. The molecule has 0 unspecified atom stereocenters. The Bertz CT molecular complexity index is 932. The Morgan fingerprint density at radius 3 is 2.59 bits per heavy atom. The van der Waals surface area contributed by atoms with Crippen molar-refractivity contribution in [2.24, 2.45) is 0 Å². The van der Waals surface area contributed by atoms with Crippen molar-refractivity contribution in [3.05, 3.63) is 95.6 Å². The first kappa shape index (κ1) is 18.5. The van der Waals surface area contributed by atoms with E-state index in [-0.39, 0.29) is 11.7 Å². The van der Waals surface area contributed by atoms with Gasteiger partial charge in [-0.25, -0.2) is 4.39 Å². The maximum atomic E-state index is 13.7. The molecule has 0 saturated carbocycles. The van der Waals surface area contributed by atoms with Gasteiger partial charge >= 0.3 is 0 Å². The number of carbonyl (C=O) groups is 1. The molecular weight excluding hydrogens is 341 g/mol. The summed E-state index contributed by atoms with van der Waals surface area (Å²) in [6, 6.07) is 14.1. The lowest BCUT2D eigenvalue weighted by atomic mass is 10.1. The molecule has 0 radical (unpaired) electrons. The number of rotatable bonds is 5. The van der Waals surface area contributed by atoms with Crippen LogP contribution in [0.15, 0.2) is 84.2 Å². The highest BCUT2D eigenvalue weighted by molar-refractivity contribution is 6.07. The average Bonchev–Trinajstić information content (AvgIpc) is 2.66. The van der Waals surface area contributed by atoms with Crippen molar-refractivity contribution in [2.45, 2.75) is 13.5 Å². The van der Waals surface area contributed by atoms with Crippen LogP contribution in [0.2, 0.25) is 0 Å². The molecule has 0 aromatic heterocycles. The summed E-state index contributed by atoms with van der Waals surface area (Å²) in [5, 5.41) is 6.05. The summed E-state index contributed by atoms with van der Waals surface area (Å²) in [7, 11) is 1.84. The van der Waals surface area contributed by atoms with E-state index in [1.54, 1.807) is 18.3 Å². The Morgan fingerprint density at radius 1 is 1.15 bits per heavy atom. The molecule has 27 heavy (non-hydrogen) atoms. The van der Waals surface area contributed by atoms with E-state index < -0.39 is 0 Å². The molecule has 2 N–H and O–H groups in total. The van der Waals surface area contributed by atoms with Crippen LogP contribution < -0.4 is 10.6 Å². The van der Waals surface area contributed by atoms with Gasteiger partial charge in [-0.3, -0.25) is 4.79 Å². The van der Waals surface area contributed by atoms with Crippen molar-refractivity contribution in [3.63, 3.8) is 0 Å². The predicted octanol–water partition coefficient (Wildman–Crippen LogP) is 4.67. The van der Waals surface area contributed by atoms with E-state index in [1.165, 1.54) is 12.1 Å². The number of carbonyl (C=O) groups excluding carboxylic acids is 1. The second-order valence-corrected chi connectivity index (χ2v) is 6.45. The van der Waals surface area contributed by atoms with Crippen LogP contribution in [0, 0.1) is 5.82 Å². The van der Waals surface area contributed by atoms with Crippen LogP contribution in [0.3, 0.4) is 0 Å². The molecule has 4 nitrogen and oxygen atoms in total. The molecule has 2 aromatic carbocycles. The van der Waals surface area contributed by atoms with Crippen LogP contribution in [-0.4, -0.2) is 17.9 Å². The molecule has 2 aromatic rings. The first-order chi connectivity index (χ1) is 12.9. The molecule has 1 heterocycles. The molecule has 0 spiro atoms. The average molecular weight is 363 g/mol. The Morgan fingerprint density at radius 2 is 1.89 bits per heavy atom. The highest BCUT2D eigenvalue weighted by Gasteiger charge is 2.17. The van der Waals surface area contributed by atoms with Crippen LogP contribution >= 0.6 is 0 Å². The quantitative estimate of drug-likeness (QED) is 0.812. The lowest BCUT2D eigenvalue weighted by Gasteiger charge is -2.24. The van der Waals surface area contributed by atoms with Gasteiger partial charge in [0.15, 0.2) is 0 Å². The zero-order valence-corrected chi connectivity index (χ0v) is 15.4. The van der Waals surface area contributed by atoms with Gasteiger partial charge in [-0.2, -0.15) is 0 Å². The van der Waals surface area contributed by atoms with E-state index in [4.69, 9.17) is 0 Å². The van der Waals surface area contributed by atoms with Gasteiger partial charge in [0, 0.05) is 25.5 Å². The Labute approximate surface area is 158 Å². The molecule has 0 bridgehead atoms. The zero-order chi connectivity index (χ0) is 19.4. The van der Waals surface area contributed by atoms with Gasteiger partial charge in [-0.15, -0.1) is 0 Å². The third-order valence-corrected chi connectivity index (χ3v) is 4.40. The molecule has 0 atom stereocenters. The number of likely N-dealkylation sites (N-methyl/N-ethyl adjacent to an activating group) is 1. The molecule has 1 aliphatic heterocycles. The minimum atomic E-state index is -0.368. The number of hydrogen-bond acceptors (Lipinski definition) is 3. The van der Waals surface area contributed by atoms with E-state index in [0.29, 0.717) is 23.5 Å². The number of amides is 1. The van der Waals surface area contributed by atoms with Crippen LogP contribution in [-0.2, 0) is 11.3 Å². The highest BCUT2D eigenvalue weighted by Crippen LogP contribution is 2.26. The molecule has 5 heteroatoms. The Hall–Kier alpha value is -3.34. The number of nitrogens with one attached hydrogen (secondary N) is 2.